The average molecular weight is 192 g/mol. The molecule has 0 radical (unpaired) electrons. The Labute approximate surface area is 83.4 Å². The van der Waals surface area contributed by atoms with Crippen LogP contribution in [0, 0.1) is 17.1 Å². The van der Waals surface area contributed by atoms with E-state index in [-0.39, 0.29) is 5.82 Å². The molecule has 3 heteroatoms. The van der Waals surface area contributed by atoms with Gasteiger partial charge in [0, 0.05) is 0 Å². The van der Waals surface area contributed by atoms with Crippen molar-refractivity contribution >= 4 is 0 Å². The first kappa shape index (κ1) is 10.7. The number of nitriles is 1. The molecule has 1 aromatic rings. The summed E-state index contributed by atoms with van der Waals surface area (Å²) in [6.45, 7) is 2.78. The Kier molecular flexibility index (Phi) is 4.09. The first-order chi connectivity index (χ1) is 6.77. The maximum atomic E-state index is 12.8. The molecule has 0 bridgehead atoms. The Balaban J connectivity index is 2.75. The Morgan fingerprint density at radius 3 is 2.93 bits per heavy atom. The van der Waals surface area contributed by atoms with Gasteiger partial charge in [0.1, 0.15) is 11.9 Å². The third-order valence-electron chi connectivity index (χ3n) is 1.91. The summed E-state index contributed by atoms with van der Waals surface area (Å²) in [5.74, 6) is -0.305. The molecule has 0 fully saturated rings. The summed E-state index contributed by atoms with van der Waals surface area (Å²) in [4.78, 5) is 0. The van der Waals surface area contributed by atoms with E-state index in [1.165, 1.54) is 12.1 Å². The van der Waals surface area contributed by atoms with E-state index in [0.29, 0.717) is 5.56 Å². The number of halogens is 1. The van der Waals surface area contributed by atoms with Gasteiger partial charge < -0.3 is 0 Å². The Hall–Kier alpha value is -1.40. The van der Waals surface area contributed by atoms with Gasteiger partial charge in [-0.25, -0.2) is 4.39 Å². The highest BCUT2D eigenvalue weighted by Gasteiger charge is 2.08. The van der Waals surface area contributed by atoms with E-state index in [2.05, 4.69) is 11.4 Å². The van der Waals surface area contributed by atoms with Crippen molar-refractivity contribution in [2.24, 2.45) is 0 Å². The molecule has 1 rings (SSSR count). The van der Waals surface area contributed by atoms with Gasteiger partial charge in [-0.2, -0.15) is 5.26 Å². The molecule has 14 heavy (non-hydrogen) atoms. The van der Waals surface area contributed by atoms with Crippen LogP contribution < -0.4 is 5.32 Å². The van der Waals surface area contributed by atoms with E-state index >= 15 is 0 Å². The molecule has 1 aromatic carbocycles. The van der Waals surface area contributed by atoms with Crippen molar-refractivity contribution in [2.45, 2.75) is 19.4 Å². The summed E-state index contributed by atoms with van der Waals surface area (Å²) in [7, 11) is 0. The lowest BCUT2D eigenvalue weighted by atomic mass is 10.1. The van der Waals surface area contributed by atoms with Crippen LogP contribution in [0.25, 0.3) is 0 Å². The monoisotopic (exact) mass is 192 g/mol. The van der Waals surface area contributed by atoms with Crippen LogP contribution in [0.4, 0.5) is 4.39 Å². The highest BCUT2D eigenvalue weighted by atomic mass is 19.1. The van der Waals surface area contributed by atoms with Crippen LogP contribution in [0.2, 0.25) is 0 Å². The number of hydrogen-bond donors (Lipinski definition) is 1. The average Bonchev–Trinajstić information content (AvgIpc) is 2.19. The minimum Gasteiger partial charge on any atom is -0.298 e. The second-order valence-electron chi connectivity index (χ2n) is 3.07. The molecule has 1 atom stereocenters. The molecule has 0 spiro atoms. The molecule has 1 unspecified atom stereocenters. The molecule has 74 valence electrons. The van der Waals surface area contributed by atoms with Crippen LogP contribution in [0.15, 0.2) is 24.3 Å². The molecule has 2 nitrogen and oxygen atoms in total. The van der Waals surface area contributed by atoms with Crippen LogP contribution >= 0.6 is 0 Å². The van der Waals surface area contributed by atoms with Crippen molar-refractivity contribution < 1.29 is 4.39 Å². The largest absolute Gasteiger partial charge is 0.298 e. The zero-order valence-electron chi connectivity index (χ0n) is 8.13. The second kappa shape index (κ2) is 5.36. The topological polar surface area (TPSA) is 35.8 Å². The second-order valence-corrected chi connectivity index (χ2v) is 3.07. The third kappa shape index (κ3) is 2.82. The molecule has 0 aliphatic carbocycles. The first-order valence-corrected chi connectivity index (χ1v) is 4.66. The molecular formula is C11H13FN2. The normalized spacial score (nSPS) is 12.1. The number of nitrogens with one attached hydrogen (secondary N) is 1. The van der Waals surface area contributed by atoms with Crippen LogP contribution in [-0.4, -0.2) is 6.54 Å². The van der Waals surface area contributed by atoms with Crippen molar-refractivity contribution in [3.05, 3.63) is 35.6 Å². The number of nitrogens with zero attached hydrogens (tertiary/aromatic N) is 1. The van der Waals surface area contributed by atoms with Crippen LogP contribution in [0.5, 0.6) is 0 Å². The Morgan fingerprint density at radius 1 is 1.57 bits per heavy atom. The lowest BCUT2D eigenvalue weighted by molar-refractivity contribution is 0.601. The van der Waals surface area contributed by atoms with Gasteiger partial charge in [0.25, 0.3) is 0 Å². The lowest BCUT2D eigenvalue weighted by Gasteiger charge is -2.10. The maximum absolute atomic E-state index is 12.8. The molecule has 0 aliphatic heterocycles. The highest BCUT2D eigenvalue weighted by molar-refractivity contribution is 5.24. The minimum atomic E-state index is -0.411. The van der Waals surface area contributed by atoms with Gasteiger partial charge in [0.15, 0.2) is 0 Å². The molecule has 0 amide bonds. The van der Waals surface area contributed by atoms with Crippen molar-refractivity contribution in [1.82, 2.24) is 5.32 Å². The van der Waals surface area contributed by atoms with Crippen molar-refractivity contribution in [3.8, 4) is 6.07 Å². The van der Waals surface area contributed by atoms with E-state index in [9.17, 15) is 4.39 Å². The van der Waals surface area contributed by atoms with Gasteiger partial charge in [-0.15, -0.1) is 0 Å². The van der Waals surface area contributed by atoms with E-state index in [0.717, 1.165) is 13.0 Å². The minimum absolute atomic E-state index is 0.305. The molecular weight excluding hydrogens is 179 g/mol. The summed E-state index contributed by atoms with van der Waals surface area (Å²) in [6, 6.07) is 7.81. The quantitative estimate of drug-likeness (QED) is 0.795. The Morgan fingerprint density at radius 2 is 2.36 bits per heavy atom. The van der Waals surface area contributed by atoms with Gasteiger partial charge in [-0.05, 0) is 30.7 Å². The summed E-state index contributed by atoms with van der Waals surface area (Å²) in [6.07, 6.45) is 0.952. The van der Waals surface area contributed by atoms with Gasteiger partial charge in [0.05, 0.1) is 6.07 Å². The van der Waals surface area contributed by atoms with Crippen molar-refractivity contribution in [1.29, 1.82) is 5.26 Å². The zero-order chi connectivity index (χ0) is 10.4. The molecule has 0 saturated heterocycles. The standard InChI is InChI=1S/C11H13FN2/c1-2-6-14-11(8-13)9-4-3-5-10(12)7-9/h3-5,7,11,14H,2,6H2,1H3. The lowest BCUT2D eigenvalue weighted by Crippen LogP contribution is -2.20. The number of benzene rings is 1. The summed E-state index contributed by atoms with van der Waals surface area (Å²) in [5, 5.41) is 11.9. The van der Waals surface area contributed by atoms with Gasteiger partial charge in [0.2, 0.25) is 0 Å². The predicted molar refractivity (Wildman–Crippen MR) is 53.0 cm³/mol. The van der Waals surface area contributed by atoms with Gasteiger partial charge in [-0.1, -0.05) is 19.1 Å². The SMILES string of the molecule is CCCNC(C#N)c1cccc(F)c1. The predicted octanol–water partition coefficient (Wildman–Crippen LogP) is 2.39. The van der Waals surface area contributed by atoms with Crippen LogP contribution in [0.3, 0.4) is 0 Å². The fourth-order valence-electron chi connectivity index (χ4n) is 1.21. The van der Waals surface area contributed by atoms with Crippen LogP contribution in [0.1, 0.15) is 24.9 Å². The third-order valence-corrected chi connectivity index (χ3v) is 1.91. The van der Waals surface area contributed by atoms with Crippen molar-refractivity contribution in [3.63, 3.8) is 0 Å². The van der Waals surface area contributed by atoms with E-state index in [4.69, 9.17) is 5.26 Å². The van der Waals surface area contributed by atoms with Crippen molar-refractivity contribution in [2.75, 3.05) is 6.54 Å². The smallest absolute Gasteiger partial charge is 0.123 e. The zero-order valence-corrected chi connectivity index (χ0v) is 8.13. The molecule has 0 heterocycles. The molecule has 0 aliphatic rings. The molecule has 0 saturated carbocycles. The van der Waals surface area contributed by atoms with E-state index < -0.39 is 6.04 Å². The summed E-state index contributed by atoms with van der Waals surface area (Å²) >= 11 is 0. The van der Waals surface area contributed by atoms with Gasteiger partial charge >= 0.3 is 0 Å². The number of rotatable bonds is 4. The number of hydrogen-bond acceptors (Lipinski definition) is 2. The molecule has 0 aromatic heterocycles. The Bertz CT molecular complexity index is 330. The van der Waals surface area contributed by atoms with Gasteiger partial charge in [-0.3, -0.25) is 5.32 Å². The maximum Gasteiger partial charge on any atom is 0.123 e. The molecule has 1 N–H and O–H groups in total. The summed E-state index contributed by atoms with van der Waals surface area (Å²) < 4.78 is 12.8. The summed E-state index contributed by atoms with van der Waals surface area (Å²) in [5.41, 5.74) is 0.681. The van der Waals surface area contributed by atoms with E-state index in [1.807, 2.05) is 6.92 Å². The van der Waals surface area contributed by atoms with Crippen LogP contribution in [-0.2, 0) is 0 Å². The first-order valence-electron chi connectivity index (χ1n) is 4.66. The fraction of sp³-hybridized carbons (Fsp3) is 0.364. The fourth-order valence-corrected chi connectivity index (χ4v) is 1.21. The van der Waals surface area contributed by atoms with E-state index in [1.54, 1.807) is 12.1 Å². The highest BCUT2D eigenvalue weighted by Crippen LogP contribution is 2.12.